The van der Waals surface area contributed by atoms with Gasteiger partial charge in [-0.05, 0) is 71.4 Å². The molecule has 1 rings (SSSR count). The highest BCUT2D eigenvalue weighted by atomic mass is 32.2. The summed E-state index contributed by atoms with van der Waals surface area (Å²) in [6.45, 7) is 16.0. The van der Waals surface area contributed by atoms with Crippen LogP contribution in [0.25, 0.3) is 0 Å². The molecule has 1 N–H and O–H groups in total. The van der Waals surface area contributed by atoms with Crippen molar-refractivity contribution in [3.05, 3.63) is 40.4 Å². The molecule has 1 unspecified atom stereocenters. The van der Waals surface area contributed by atoms with E-state index in [-0.39, 0.29) is 12.1 Å². The van der Waals surface area contributed by atoms with Gasteiger partial charge < -0.3 is 10.2 Å². The van der Waals surface area contributed by atoms with E-state index < -0.39 is 0 Å². The van der Waals surface area contributed by atoms with Crippen LogP contribution in [0.3, 0.4) is 0 Å². The van der Waals surface area contributed by atoms with Gasteiger partial charge in [-0.3, -0.25) is 9.79 Å². The number of thioether (sulfide) groups is 1. The zero-order valence-electron chi connectivity index (χ0n) is 23.2. The molecule has 6 heteroatoms. The molecule has 196 valence electrons. The molecule has 0 bridgehead atoms. The maximum Gasteiger partial charge on any atom is 0.254 e. The van der Waals surface area contributed by atoms with Crippen LogP contribution in [0.4, 0.5) is 0 Å². The zero-order valence-corrected chi connectivity index (χ0v) is 24.0. The van der Waals surface area contributed by atoms with Gasteiger partial charge in [0.1, 0.15) is 6.17 Å². The molecule has 35 heavy (non-hydrogen) atoms. The van der Waals surface area contributed by atoms with Crippen molar-refractivity contribution < 1.29 is 4.79 Å². The largest absolute Gasteiger partial charge is 0.350 e. The number of benzene rings is 1. The molecule has 0 saturated heterocycles. The van der Waals surface area contributed by atoms with E-state index in [2.05, 4.69) is 59.2 Å². The zero-order chi connectivity index (χ0) is 26.1. The molecule has 1 aromatic rings. The van der Waals surface area contributed by atoms with Crippen LogP contribution in [-0.4, -0.2) is 42.1 Å². The minimum absolute atomic E-state index is 0.0913. The monoisotopic (exact) mass is 500 g/mol. The van der Waals surface area contributed by atoms with E-state index >= 15 is 0 Å². The summed E-state index contributed by atoms with van der Waals surface area (Å²) < 4.78 is 0. The Labute approximate surface area is 219 Å². The number of aryl methyl sites for hydroxylation is 1. The second-order valence-electron chi connectivity index (χ2n) is 9.15. The van der Waals surface area contributed by atoms with E-state index in [1.165, 1.54) is 38.5 Å². The fraction of sp³-hybridized carbons (Fsp3) is 0.621. The van der Waals surface area contributed by atoms with Crippen molar-refractivity contribution >= 4 is 29.7 Å². The molecular formula is C29H48N4OS. The number of amidine groups is 1. The summed E-state index contributed by atoms with van der Waals surface area (Å²) in [6.07, 6.45) is 13.1. The molecule has 1 atom stereocenters. The lowest BCUT2D eigenvalue weighted by molar-refractivity contribution is 0.0748. The molecule has 0 spiro atoms. The van der Waals surface area contributed by atoms with Crippen molar-refractivity contribution in [1.29, 1.82) is 0 Å². The second kappa shape index (κ2) is 18.2. The maximum atomic E-state index is 13.6. The summed E-state index contributed by atoms with van der Waals surface area (Å²) >= 11 is 1.66. The number of hydrogen-bond acceptors (Lipinski definition) is 4. The van der Waals surface area contributed by atoms with E-state index in [0.717, 1.165) is 52.7 Å². The molecule has 0 fully saturated rings. The molecule has 0 aliphatic heterocycles. The van der Waals surface area contributed by atoms with E-state index in [1.54, 1.807) is 18.0 Å². The van der Waals surface area contributed by atoms with Gasteiger partial charge in [0.05, 0.1) is 5.84 Å². The Kier molecular flexibility index (Phi) is 16.1. The number of nitrogens with one attached hydrogen (secondary N) is 1. The quantitative estimate of drug-likeness (QED) is 0.108. The number of allylic oxidation sites excluding steroid dienone is 1. The summed E-state index contributed by atoms with van der Waals surface area (Å²) in [4.78, 5) is 26.6. The average molecular weight is 501 g/mol. The number of unbranched alkanes of at least 4 members (excludes halogenated alkanes) is 6. The number of nitrogens with zero attached hydrogens (tertiary/aromatic N) is 3. The molecule has 0 aromatic heterocycles. The first kappa shape index (κ1) is 31.0. The minimum Gasteiger partial charge on any atom is -0.350 e. The standard InChI is InChI=1S/C29H48N4OS/c1-8-11-13-15-19-33(20-16-14-12-9-2)29(34)28-21-27(18-17-23(28)4)35-24(5)22-31-26(7)32-25(6)30-10-3/h10,17-18,21-22,25H,8-9,11-16,19-20H2,1-7H3,(H,31,32)/b24-22+,30-10-. The molecule has 0 saturated carbocycles. The lowest BCUT2D eigenvalue weighted by atomic mass is 10.1. The number of hydrogen-bond donors (Lipinski definition) is 1. The van der Waals surface area contributed by atoms with Gasteiger partial charge in [-0.25, -0.2) is 4.99 Å². The van der Waals surface area contributed by atoms with E-state index in [0.29, 0.717) is 0 Å². The van der Waals surface area contributed by atoms with E-state index in [9.17, 15) is 4.79 Å². The summed E-state index contributed by atoms with van der Waals surface area (Å²) in [5.41, 5.74) is 1.87. The Hall–Kier alpha value is -2.08. The highest BCUT2D eigenvalue weighted by molar-refractivity contribution is 8.03. The molecule has 5 nitrogen and oxygen atoms in total. The van der Waals surface area contributed by atoms with Gasteiger partial charge in [0, 0.05) is 34.7 Å². The van der Waals surface area contributed by atoms with Gasteiger partial charge in [0.2, 0.25) is 0 Å². The van der Waals surface area contributed by atoms with E-state index in [4.69, 9.17) is 0 Å². The van der Waals surface area contributed by atoms with Crippen LogP contribution in [0.5, 0.6) is 0 Å². The van der Waals surface area contributed by atoms with Gasteiger partial charge >= 0.3 is 0 Å². The SMILES string of the molecule is C/C=N\C(C)/N=C(/C)N/C=C(\C)Sc1ccc(C)c(C(=O)N(CCCCCC)CCCCCC)c1. The van der Waals surface area contributed by atoms with Gasteiger partial charge in [-0.1, -0.05) is 70.2 Å². The van der Waals surface area contributed by atoms with Crippen molar-refractivity contribution in [3.8, 4) is 0 Å². The summed E-state index contributed by atoms with van der Waals surface area (Å²) in [5.74, 6) is 0.996. The summed E-state index contributed by atoms with van der Waals surface area (Å²) in [6, 6.07) is 6.23. The van der Waals surface area contributed by atoms with Crippen molar-refractivity contribution in [2.45, 2.75) is 111 Å². The summed E-state index contributed by atoms with van der Waals surface area (Å²) in [7, 11) is 0. The number of aliphatic imine (C=N–C) groups is 2. The third kappa shape index (κ3) is 13.0. The Morgan fingerprint density at radius 2 is 1.69 bits per heavy atom. The van der Waals surface area contributed by atoms with Crippen LogP contribution >= 0.6 is 11.8 Å². The second-order valence-corrected chi connectivity index (χ2v) is 10.5. The van der Waals surface area contributed by atoms with E-state index in [1.807, 2.05) is 33.9 Å². The fourth-order valence-electron chi connectivity index (χ4n) is 3.83. The Morgan fingerprint density at radius 3 is 2.26 bits per heavy atom. The Morgan fingerprint density at radius 1 is 1.06 bits per heavy atom. The van der Waals surface area contributed by atoms with Crippen LogP contribution in [0, 0.1) is 6.92 Å². The van der Waals surface area contributed by atoms with Crippen molar-refractivity contribution in [2.24, 2.45) is 9.98 Å². The lowest BCUT2D eigenvalue weighted by Gasteiger charge is -2.24. The van der Waals surface area contributed by atoms with Gasteiger partial charge in [0.15, 0.2) is 0 Å². The molecule has 1 aromatic carbocycles. The normalized spacial score (nSPS) is 13.3. The number of amides is 1. The van der Waals surface area contributed by atoms with Crippen molar-refractivity contribution in [3.63, 3.8) is 0 Å². The Bertz CT molecular complexity index is 835. The first-order chi connectivity index (χ1) is 16.8. The third-order valence-electron chi connectivity index (χ3n) is 5.80. The number of carbonyl (C=O) groups is 1. The highest BCUT2D eigenvalue weighted by Crippen LogP contribution is 2.28. The molecule has 0 aliphatic carbocycles. The fourth-order valence-corrected chi connectivity index (χ4v) is 4.63. The minimum atomic E-state index is -0.0913. The molecule has 0 heterocycles. The van der Waals surface area contributed by atoms with Gasteiger partial charge in [-0.15, -0.1) is 0 Å². The number of carbonyl (C=O) groups excluding carboxylic acids is 1. The van der Waals surface area contributed by atoms with Crippen LogP contribution in [0.2, 0.25) is 0 Å². The first-order valence-electron chi connectivity index (χ1n) is 13.4. The summed E-state index contributed by atoms with van der Waals surface area (Å²) in [5, 5.41) is 3.24. The number of rotatable bonds is 16. The first-order valence-corrected chi connectivity index (χ1v) is 14.2. The van der Waals surface area contributed by atoms with Gasteiger partial charge in [-0.2, -0.15) is 0 Å². The predicted octanol–water partition coefficient (Wildman–Crippen LogP) is 8.00. The van der Waals surface area contributed by atoms with Crippen LogP contribution in [0.1, 0.15) is 109 Å². The third-order valence-corrected chi connectivity index (χ3v) is 6.73. The van der Waals surface area contributed by atoms with Crippen molar-refractivity contribution in [2.75, 3.05) is 13.1 Å². The maximum absolute atomic E-state index is 13.6. The van der Waals surface area contributed by atoms with Crippen LogP contribution in [0.15, 0.2) is 44.2 Å². The highest BCUT2D eigenvalue weighted by Gasteiger charge is 2.18. The van der Waals surface area contributed by atoms with Crippen LogP contribution < -0.4 is 5.32 Å². The average Bonchev–Trinajstić information content (AvgIpc) is 2.82. The molecular weight excluding hydrogens is 452 g/mol. The molecule has 1 amide bonds. The molecule has 0 aliphatic rings. The molecule has 0 radical (unpaired) electrons. The Balaban J connectivity index is 2.91. The smallest absolute Gasteiger partial charge is 0.254 e. The van der Waals surface area contributed by atoms with Crippen molar-refractivity contribution in [1.82, 2.24) is 10.2 Å². The lowest BCUT2D eigenvalue weighted by Crippen LogP contribution is -2.33. The van der Waals surface area contributed by atoms with Gasteiger partial charge in [0.25, 0.3) is 5.91 Å². The topological polar surface area (TPSA) is 57.1 Å². The predicted molar refractivity (Wildman–Crippen MR) is 155 cm³/mol. The van der Waals surface area contributed by atoms with Crippen LogP contribution in [-0.2, 0) is 0 Å².